The highest BCUT2D eigenvalue weighted by Gasteiger charge is 2.27. The van der Waals surface area contributed by atoms with Gasteiger partial charge < -0.3 is 10.6 Å². The number of nitrogens with zero attached hydrogens (tertiary/aromatic N) is 1. The van der Waals surface area contributed by atoms with E-state index in [4.69, 9.17) is 0 Å². The van der Waals surface area contributed by atoms with Gasteiger partial charge in [0, 0.05) is 18.5 Å². The SMILES string of the molecule is CSc1ccc(Nc2c3c(c(I)c(=O)n2C)CCNC3=O)c(F)c1. The van der Waals surface area contributed by atoms with Crippen LogP contribution in [0.3, 0.4) is 0 Å². The number of aromatic nitrogens is 1. The number of pyridine rings is 1. The molecule has 1 aromatic carbocycles. The number of carbonyl (C=O) groups excluding carboxylic acids is 1. The molecule has 0 spiro atoms. The first-order valence-electron chi connectivity index (χ1n) is 7.24. The molecule has 126 valence electrons. The summed E-state index contributed by atoms with van der Waals surface area (Å²) in [5, 5.41) is 5.71. The summed E-state index contributed by atoms with van der Waals surface area (Å²) in [6.07, 6.45) is 2.45. The molecule has 0 aliphatic carbocycles. The van der Waals surface area contributed by atoms with E-state index in [2.05, 4.69) is 10.6 Å². The quantitative estimate of drug-likeness (QED) is 0.548. The fourth-order valence-electron chi connectivity index (χ4n) is 2.67. The molecule has 0 radical (unpaired) electrons. The lowest BCUT2D eigenvalue weighted by molar-refractivity contribution is 0.0946. The van der Waals surface area contributed by atoms with E-state index in [9.17, 15) is 14.0 Å². The summed E-state index contributed by atoms with van der Waals surface area (Å²) in [7, 11) is 1.57. The van der Waals surface area contributed by atoms with Crippen LogP contribution < -0.4 is 16.2 Å². The second-order valence-corrected chi connectivity index (χ2v) is 7.32. The zero-order chi connectivity index (χ0) is 17.4. The van der Waals surface area contributed by atoms with Crippen LogP contribution in [0, 0.1) is 9.39 Å². The van der Waals surface area contributed by atoms with Crippen molar-refractivity contribution >= 4 is 51.8 Å². The van der Waals surface area contributed by atoms with Crippen molar-refractivity contribution in [3.63, 3.8) is 0 Å². The van der Waals surface area contributed by atoms with Crippen LogP contribution in [0.2, 0.25) is 0 Å². The number of fused-ring (bicyclic) bond motifs is 1. The first kappa shape index (κ1) is 17.3. The van der Waals surface area contributed by atoms with Gasteiger partial charge in [-0.15, -0.1) is 11.8 Å². The van der Waals surface area contributed by atoms with E-state index in [0.717, 1.165) is 4.90 Å². The number of thioether (sulfide) groups is 1. The molecule has 24 heavy (non-hydrogen) atoms. The van der Waals surface area contributed by atoms with Gasteiger partial charge in [-0.2, -0.15) is 0 Å². The largest absolute Gasteiger partial charge is 0.352 e. The number of hydrogen-bond donors (Lipinski definition) is 2. The maximum absolute atomic E-state index is 14.3. The summed E-state index contributed by atoms with van der Waals surface area (Å²) in [6.45, 7) is 0.491. The Balaban J connectivity index is 2.16. The molecule has 1 aliphatic heterocycles. The van der Waals surface area contributed by atoms with Crippen molar-refractivity contribution < 1.29 is 9.18 Å². The molecule has 0 saturated carbocycles. The molecule has 2 aromatic rings. The molecule has 1 amide bonds. The Morgan fingerprint density at radius 2 is 2.12 bits per heavy atom. The average Bonchev–Trinajstić information content (AvgIpc) is 2.58. The van der Waals surface area contributed by atoms with E-state index in [-0.39, 0.29) is 17.2 Å². The van der Waals surface area contributed by atoms with Gasteiger partial charge in [0.25, 0.3) is 11.5 Å². The maximum Gasteiger partial charge on any atom is 0.265 e. The number of anilines is 2. The molecule has 0 atom stereocenters. The predicted molar refractivity (Wildman–Crippen MR) is 102 cm³/mol. The number of amides is 1. The first-order chi connectivity index (χ1) is 11.4. The second-order valence-electron chi connectivity index (χ2n) is 5.36. The van der Waals surface area contributed by atoms with Crippen molar-refractivity contribution in [1.29, 1.82) is 0 Å². The van der Waals surface area contributed by atoms with Gasteiger partial charge in [-0.25, -0.2) is 4.39 Å². The minimum Gasteiger partial charge on any atom is -0.352 e. The molecule has 1 aromatic heterocycles. The minimum absolute atomic E-state index is 0.201. The fourth-order valence-corrected chi connectivity index (χ4v) is 3.99. The van der Waals surface area contributed by atoms with Crippen LogP contribution in [0.1, 0.15) is 15.9 Å². The van der Waals surface area contributed by atoms with E-state index < -0.39 is 5.82 Å². The van der Waals surface area contributed by atoms with E-state index in [1.807, 2.05) is 28.8 Å². The van der Waals surface area contributed by atoms with Crippen LogP contribution in [0.4, 0.5) is 15.9 Å². The molecule has 0 saturated heterocycles. The number of benzene rings is 1. The maximum atomic E-state index is 14.3. The first-order valence-corrected chi connectivity index (χ1v) is 9.54. The standard InChI is InChI=1S/C16H15FIN3O2S/c1-21-14(20-11-4-3-8(24-2)7-10(11)17)12-9(13(18)16(21)23)5-6-19-15(12)22/h3-4,7,20H,5-6H2,1-2H3,(H,19,22). The van der Waals surface area contributed by atoms with Gasteiger partial charge in [-0.3, -0.25) is 14.2 Å². The minimum atomic E-state index is -0.433. The summed E-state index contributed by atoms with van der Waals surface area (Å²) < 4.78 is 16.2. The number of carbonyl (C=O) groups is 1. The summed E-state index contributed by atoms with van der Waals surface area (Å²) in [5.74, 6) is -0.380. The van der Waals surface area contributed by atoms with Crippen LogP contribution in [0.15, 0.2) is 27.9 Å². The lowest BCUT2D eigenvalue weighted by atomic mass is 10.0. The zero-order valence-corrected chi connectivity index (χ0v) is 16.0. The third-order valence-electron chi connectivity index (χ3n) is 3.95. The van der Waals surface area contributed by atoms with Crippen molar-refractivity contribution in [1.82, 2.24) is 9.88 Å². The van der Waals surface area contributed by atoms with Crippen molar-refractivity contribution in [2.45, 2.75) is 11.3 Å². The Morgan fingerprint density at radius 1 is 1.38 bits per heavy atom. The van der Waals surface area contributed by atoms with Crippen molar-refractivity contribution in [2.24, 2.45) is 7.05 Å². The number of halogens is 2. The molecule has 0 unspecified atom stereocenters. The topological polar surface area (TPSA) is 63.1 Å². The van der Waals surface area contributed by atoms with Crippen LogP contribution in [0.25, 0.3) is 0 Å². The predicted octanol–water partition coefficient (Wildman–Crippen LogP) is 2.88. The molecule has 8 heteroatoms. The summed E-state index contributed by atoms with van der Waals surface area (Å²) in [5.41, 5.74) is 1.14. The molecular weight excluding hydrogens is 444 g/mol. The zero-order valence-electron chi connectivity index (χ0n) is 13.1. The van der Waals surface area contributed by atoms with E-state index >= 15 is 0 Å². The summed E-state index contributed by atoms with van der Waals surface area (Å²) in [4.78, 5) is 25.6. The van der Waals surface area contributed by atoms with Gasteiger partial charge in [-0.1, -0.05) is 0 Å². The third kappa shape index (κ3) is 2.92. The highest BCUT2D eigenvalue weighted by Crippen LogP contribution is 2.29. The molecule has 2 N–H and O–H groups in total. The van der Waals surface area contributed by atoms with Gasteiger partial charge in [-0.05, 0) is 59.0 Å². The monoisotopic (exact) mass is 459 g/mol. The van der Waals surface area contributed by atoms with Gasteiger partial charge in [0.2, 0.25) is 0 Å². The number of rotatable bonds is 3. The Labute approximate surface area is 156 Å². The van der Waals surface area contributed by atoms with Crippen LogP contribution in [0.5, 0.6) is 0 Å². The van der Waals surface area contributed by atoms with E-state index in [1.54, 1.807) is 19.2 Å². The Kier molecular flexibility index (Phi) is 4.86. The van der Waals surface area contributed by atoms with Gasteiger partial charge in [0.05, 0.1) is 14.8 Å². The smallest absolute Gasteiger partial charge is 0.265 e. The van der Waals surface area contributed by atoms with Crippen LogP contribution in [-0.2, 0) is 13.5 Å². The molecule has 2 heterocycles. The van der Waals surface area contributed by atoms with Crippen molar-refractivity contribution in [2.75, 3.05) is 18.1 Å². The normalized spacial score (nSPS) is 13.4. The second kappa shape index (κ2) is 6.75. The highest BCUT2D eigenvalue weighted by atomic mass is 127. The van der Waals surface area contributed by atoms with Gasteiger partial charge in [0.1, 0.15) is 11.6 Å². The third-order valence-corrected chi connectivity index (χ3v) is 5.79. The molecule has 0 fully saturated rings. The van der Waals surface area contributed by atoms with E-state index in [1.165, 1.54) is 22.4 Å². The highest BCUT2D eigenvalue weighted by molar-refractivity contribution is 14.1. The molecule has 1 aliphatic rings. The van der Waals surface area contributed by atoms with Crippen molar-refractivity contribution in [3.05, 3.63) is 49.1 Å². The van der Waals surface area contributed by atoms with Crippen molar-refractivity contribution in [3.8, 4) is 0 Å². The lowest BCUT2D eigenvalue weighted by Crippen LogP contribution is -2.37. The molecule has 3 rings (SSSR count). The Bertz CT molecular complexity index is 898. The van der Waals surface area contributed by atoms with Gasteiger partial charge in [0.15, 0.2) is 0 Å². The Hall–Kier alpha value is -1.55. The van der Waals surface area contributed by atoms with E-state index in [0.29, 0.717) is 33.5 Å². The number of nitrogens with one attached hydrogen (secondary N) is 2. The fraction of sp³-hybridized carbons (Fsp3) is 0.250. The molecule has 0 bridgehead atoms. The summed E-state index contributed by atoms with van der Waals surface area (Å²) in [6, 6.07) is 4.81. The van der Waals surface area contributed by atoms with Crippen LogP contribution in [-0.4, -0.2) is 23.3 Å². The van der Waals surface area contributed by atoms with Gasteiger partial charge >= 0.3 is 0 Å². The average molecular weight is 459 g/mol. The number of hydrogen-bond acceptors (Lipinski definition) is 4. The molecular formula is C16H15FIN3O2S. The Morgan fingerprint density at radius 3 is 2.79 bits per heavy atom. The lowest BCUT2D eigenvalue weighted by Gasteiger charge is -2.23. The molecule has 5 nitrogen and oxygen atoms in total. The summed E-state index contributed by atoms with van der Waals surface area (Å²) >= 11 is 3.41. The van der Waals surface area contributed by atoms with Crippen LogP contribution >= 0.6 is 34.4 Å².